The number of hydrogen-bond donors (Lipinski definition) is 2. The predicted molar refractivity (Wildman–Crippen MR) is 129 cm³/mol. The van der Waals surface area contributed by atoms with Crippen molar-refractivity contribution in [3.05, 3.63) is 54.4 Å². The highest BCUT2D eigenvalue weighted by Gasteiger charge is 2.22. The van der Waals surface area contributed by atoms with E-state index in [4.69, 9.17) is 16.5 Å². The molecule has 3 aromatic rings. The van der Waals surface area contributed by atoms with Gasteiger partial charge in [0.2, 0.25) is 5.95 Å². The number of benzene rings is 1. The molecule has 168 valence electrons. The van der Waals surface area contributed by atoms with Crippen molar-refractivity contribution in [3.8, 4) is 11.4 Å². The minimum absolute atomic E-state index is 0.272. The van der Waals surface area contributed by atoms with Crippen LogP contribution in [-0.2, 0) is 6.42 Å². The molecule has 7 heteroatoms. The summed E-state index contributed by atoms with van der Waals surface area (Å²) in [6.07, 6.45) is 12.1. The van der Waals surface area contributed by atoms with E-state index in [1.54, 1.807) is 6.20 Å². The molecule has 2 aromatic heterocycles. The Kier molecular flexibility index (Phi) is 7.27. The van der Waals surface area contributed by atoms with Gasteiger partial charge in [0.25, 0.3) is 0 Å². The number of anilines is 3. The first kappa shape index (κ1) is 22.1. The number of aromatic nitrogens is 4. The van der Waals surface area contributed by atoms with Gasteiger partial charge in [0.05, 0.1) is 0 Å². The van der Waals surface area contributed by atoms with Gasteiger partial charge in [-0.1, -0.05) is 49.6 Å². The van der Waals surface area contributed by atoms with Gasteiger partial charge in [0.15, 0.2) is 5.82 Å². The molecule has 0 unspecified atom stereocenters. The summed E-state index contributed by atoms with van der Waals surface area (Å²) in [4.78, 5) is 20.1. The first-order valence-corrected chi connectivity index (χ1v) is 11.6. The molecule has 1 fully saturated rings. The molecule has 0 aliphatic heterocycles. The highest BCUT2D eigenvalue weighted by molar-refractivity contribution is 5.63. The van der Waals surface area contributed by atoms with E-state index in [1.807, 2.05) is 54.5 Å². The molecule has 2 heterocycles. The molecule has 0 spiro atoms. The Morgan fingerprint density at radius 3 is 2.56 bits per heavy atom. The number of nitrogens with zero attached hydrogens (tertiary/aromatic N) is 5. The maximum absolute atomic E-state index is 5.96. The average Bonchev–Trinajstić information content (AvgIpc) is 2.84. The Labute approximate surface area is 190 Å². The lowest BCUT2D eigenvalue weighted by atomic mass is 9.77. The van der Waals surface area contributed by atoms with Crippen LogP contribution in [0.1, 0.15) is 44.1 Å². The first-order valence-electron chi connectivity index (χ1n) is 11.6. The second-order valence-corrected chi connectivity index (χ2v) is 8.76. The van der Waals surface area contributed by atoms with E-state index >= 15 is 0 Å². The second-order valence-electron chi connectivity index (χ2n) is 8.76. The maximum Gasteiger partial charge on any atom is 0.221 e. The summed E-state index contributed by atoms with van der Waals surface area (Å²) in [6, 6.07) is 11.9. The summed E-state index contributed by atoms with van der Waals surface area (Å²) in [6.45, 7) is 0.794. The third kappa shape index (κ3) is 5.40. The van der Waals surface area contributed by atoms with E-state index in [0.29, 0.717) is 5.82 Å². The predicted octanol–water partition coefficient (Wildman–Crippen LogP) is 4.37. The fourth-order valence-electron chi connectivity index (χ4n) is 4.77. The summed E-state index contributed by atoms with van der Waals surface area (Å²) in [5.41, 5.74) is 13.8. The molecule has 32 heavy (non-hydrogen) atoms. The van der Waals surface area contributed by atoms with Crippen LogP contribution < -0.4 is 16.4 Å². The quantitative estimate of drug-likeness (QED) is 0.545. The van der Waals surface area contributed by atoms with Gasteiger partial charge in [-0.3, -0.25) is 0 Å². The lowest BCUT2D eigenvalue weighted by Gasteiger charge is -2.29. The largest absolute Gasteiger partial charge is 0.368 e. The first-order chi connectivity index (χ1) is 15.6. The zero-order chi connectivity index (χ0) is 22.3. The van der Waals surface area contributed by atoms with Crippen LogP contribution in [-0.4, -0.2) is 33.5 Å². The van der Waals surface area contributed by atoms with Gasteiger partial charge in [0.1, 0.15) is 11.6 Å². The molecule has 0 radical (unpaired) electrons. The molecule has 2 atom stereocenters. The third-order valence-electron chi connectivity index (χ3n) is 6.48. The van der Waals surface area contributed by atoms with Gasteiger partial charge in [-0.15, -0.1) is 0 Å². The van der Waals surface area contributed by atoms with Crippen molar-refractivity contribution in [2.45, 2.75) is 44.9 Å². The van der Waals surface area contributed by atoms with Crippen LogP contribution in [0.3, 0.4) is 0 Å². The second kappa shape index (κ2) is 10.5. The number of nitrogen functional groups attached to an aromatic ring is 1. The van der Waals surface area contributed by atoms with E-state index < -0.39 is 0 Å². The van der Waals surface area contributed by atoms with Gasteiger partial charge in [-0.05, 0) is 50.1 Å². The van der Waals surface area contributed by atoms with Gasteiger partial charge in [-0.25, -0.2) is 15.0 Å². The molecule has 7 nitrogen and oxygen atoms in total. The molecule has 1 aliphatic rings. The fourth-order valence-corrected chi connectivity index (χ4v) is 4.77. The van der Waals surface area contributed by atoms with E-state index in [0.717, 1.165) is 60.4 Å². The van der Waals surface area contributed by atoms with Crippen LogP contribution >= 0.6 is 0 Å². The van der Waals surface area contributed by atoms with Crippen LogP contribution in [0.25, 0.3) is 11.4 Å². The van der Waals surface area contributed by atoms with Crippen LogP contribution in [0.5, 0.6) is 0 Å². The fraction of sp³-hybridized carbons (Fsp3) is 0.440. The average molecular weight is 432 g/mol. The molecule has 4 rings (SSSR count). The molecule has 1 saturated carbocycles. The Morgan fingerprint density at radius 1 is 1.00 bits per heavy atom. The SMILES string of the molecule is CN(c1ccnc(-c2ccccc2)n1)c1nc(N)ncc1CC[C@H]1CCC[C@H](CCN)C1. The van der Waals surface area contributed by atoms with Crippen molar-refractivity contribution < 1.29 is 0 Å². The van der Waals surface area contributed by atoms with Crippen LogP contribution in [0.15, 0.2) is 48.8 Å². The van der Waals surface area contributed by atoms with E-state index in [1.165, 1.54) is 25.7 Å². The monoisotopic (exact) mass is 431 g/mol. The van der Waals surface area contributed by atoms with Crippen molar-refractivity contribution in [1.29, 1.82) is 0 Å². The zero-order valence-corrected chi connectivity index (χ0v) is 18.8. The lowest BCUT2D eigenvalue weighted by molar-refractivity contribution is 0.246. The minimum Gasteiger partial charge on any atom is -0.368 e. The Morgan fingerprint density at radius 2 is 1.78 bits per heavy atom. The summed E-state index contributed by atoms with van der Waals surface area (Å²) in [5.74, 6) is 4.06. The van der Waals surface area contributed by atoms with Gasteiger partial charge in [-0.2, -0.15) is 4.98 Å². The molecule has 4 N–H and O–H groups in total. The molecule has 0 saturated heterocycles. The van der Waals surface area contributed by atoms with Gasteiger partial charge >= 0.3 is 0 Å². The molecule has 0 amide bonds. The number of nitrogens with two attached hydrogens (primary N) is 2. The molecular formula is C25H33N7. The highest BCUT2D eigenvalue weighted by atomic mass is 15.2. The highest BCUT2D eigenvalue weighted by Crippen LogP contribution is 2.34. The zero-order valence-electron chi connectivity index (χ0n) is 18.8. The molecular weight excluding hydrogens is 398 g/mol. The van der Waals surface area contributed by atoms with Gasteiger partial charge < -0.3 is 16.4 Å². The van der Waals surface area contributed by atoms with Crippen LogP contribution in [0.2, 0.25) is 0 Å². The maximum atomic E-state index is 5.96. The summed E-state index contributed by atoms with van der Waals surface area (Å²) < 4.78 is 0. The van der Waals surface area contributed by atoms with Gasteiger partial charge in [0, 0.05) is 30.6 Å². The number of hydrogen-bond acceptors (Lipinski definition) is 7. The van der Waals surface area contributed by atoms with E-state index in [-0.39, 0.29) is 5.95 Å². The van der Waals surface area contributed by atoms with Crippen molar-refractivity contribution >= 4 is 17.6 Å². The molecule has 1 aromatic carbocycles. The van der Waals surface area contributed by atoms with Crippen molar-refractivity contribution in [3.63, 3.8) is 0 Å². The minimum atomic E-state index is 0.272. The Balaban J connectivity index is 1.52. The van der Waals surface area contributed by atoms with Crippen molar-refractivity contribution in [1.82, 2.24) is 19.9 Å². The number of rotatable bonds is 8. The lowest BCUT2D eigenvalue weighted by Crippen LogP contribution is -2.20. The van der Waals surface area contributed by atoms with Crippen LogP contribution in [0, 0.1) is 11.8 Å². The topological polar surface area (TPSA) is 107 Å². The van der Waals surface area contributed by atoms with Crippen molar-refractivity contribution in [2.75, 3.05) is 24.2 Å². The Hall–Kier alpha value is -3.06. The third-order valence-corrected chi connectivity index (χ3v) is 6.48. The molecule has 0 bridgehead atoms. The summed E-state index contributed by atoms with van der Waals surface area (Å²) in [5, 5.41) is 0. The van der Waals surface area contributed by atoms with Crippen LogP contribution in [0.4, 0.5) is 17.6 Å². The summed E-state index contributed by atoms with van der Waals surface area (Å²) >= 11 is 0. The van der Waals surface area contributed by atoms with E-state index in [9.17, 15) is 0 Å². The van der Waals surface area contributed by atoms with E-state index in [2.05, 4.69) is 15.0 Å². The molecule has 1 aliphatic carbocycles. The normalized spacial score (nSPS) is 18.4. The smallest absolute Gasteiger partial charge is 0.221 e. The Bertz CT molecular complexity index is 1010. The standard InChI is InChI=1S/C25H33N7/c1-32(22-13-15-28-23(30-22)20-8-3-2-4-9-20)24-21(17-29-25(27)31-24)11-10-18-6-5-7-19(16-18)12-14-26/h2-4,8-9,13,15,17-19H,5-7,10-12,14,16,26H2,1H3,(H2,27,29,31)/t18-,19-/m1/s1. The summed E-state index contributed by atoms with van der Waals surface area (Å²) in [7, 11) is 1.97. The number of aryl methyl sites for hydroxylation is 1. The van der Waals surface area contributed by atoms with Crippen molar-refractivity contribution in [2.24, 2.45) is 17.6 Å².